The summed E-state index contributed by atoms with van der Waals surface area (Å²) < 4.78 is 44.3. The molecule has 0 saturated carbocycles. The number of hydrogen-bond acceptors (Lipinski definition) is 5. The van der Waals surface area contributed by atoms with Crippen LogP contribution in [0.5, 0.6) is 0 Å². The summed E-state index contributed by atoms with van der Waals surface area (Å²) in [5, 5.41) is 4.25. The van der Waals surface area contributed by atoms with E-state index in [4.69, 9.17) is 4.52 Å². The van der Waals surface area contributed by atoms with Gasteiger partial charge in [0.2, 0.25) is 0 Å². The molecule has 0 aliphatic carbocycles. The summed E-state index contributed by atoms with van der Waals surface area (Å²) in [5.74, 6) is 0.282. The Morgan fingerprint density at radius 1 is 1.04 bits per heavy atom. The SMILES string of the molecule is O=c1c2ccccc2ncn1Cc1noc(-c2ccc(C(F)(F)F)cc2)n1. The van der Waals surface area contributed by atoms with Gasteiger partial charge in [0.1, 0.15) is 0 Å². The van der Waals surface area contributed by atoms with Crippen LogP contribution in [0, 0.1) is 0 Å². The summed E-state index contributed by atoms with van der Waals surface area (Å²) in [6.07, 6.45) is -3.03. The second-order valence-electron chi connectivity index (χ2n) is 5.79. The van der Waals surface area contributed by atoms with Gasteiger partial charge in [-0.1, -0.05) is 17.3 Å². The minimum absolute atomic E-state index is 0.0286. The van der Waals surface area contributed by atoms with E-state index in [-0.39, 0.29) is 23.8 Å². The molecule has 0 bridgehead atoms. The highest BCUT2D eigenvalue weighted by atomic mass is 19.4. The molecule has 136 valence electrons. The first-order valence-corrected chi connectivity index (χ1v) is 7.86. The normalized spacial score (nSPS) is 11.8. The van der Waals surface area contributed by atoms with Gasteiger partial charge in [0, 0.05) is 5.56 Å². The lowest BCUT2D eigenvalue weighted by Gasteiger charge is -2.05. The lowest BCUT2D eigenvalue weighted by molar-refractivity contribution is -0.137. The lowest BCUT2D eigenvalue weighted by Crippen LogP contribution is -2.21. The van der Waals surface area contributed by atoms with Crippen molar-refractivity contribution < 1.29 is 17.7 Å². The Morgan fingerprint density at radius 2 is 1.78 bits per heavy atom. The Bertz CT molecular complexity index is 1160. The largest absolute Gasteiger partial charge is 0.416 e. The Kier molecular flexibility index (Phi) is 3.98. The van der Waals surface area contributed by atoms with Crippen molar-refractivity contribution in [3.63, 3.8) is 0 Å². The highest BCUT2D eigenvalue weighted by Crippen LogP contribution is 2.30. The maximum absolute atomic E-state index is 12.6. The minimum atomic E-state index is -4.41. The Morgan fingerprint density at radius 3 is 2.52 bits per heavy atom. The number of rotatable bonds is 3. The van der Waals surface area contributed by atoms with E-state index in [0.717, 1.165) is 12.1 Å². The van der Waals surface area contributed by atoms with Gasteiger partial charge in [-0.05, 0) is 36.4 Å². The number of alkyl halides is 3. The molecule has 4 rings (SSSR count). The predicted octanol–water partition coefficient (Wildman–Crippen LogP) is 3.51. The summed E-state index contributed by atoms with van der Waals surface area (Å²) in [7, 11) is 0. The summed E-state index contributed by atoms with van der Waals surface area (Å²) in [6.45, 7) is 0.0286. The van der Waals surface area contributed by atoms with E-state index in [1.165, 1.54) is 23.0 Å². The maximum atomic E-state index is 12.6. The highest BCUT2D eigenvalue weighted by Gasteiger charge is 2.30. The number of para-hydroxylation sites is 1. The Labute approximate surface area is 149 Å². The minimum Gasteiger partial charge on any atom is -0.334 e. The van der Waals surface area contributed by atoms with Gasteiger partial charge in [-0.15, -0.1) is 0 Å². The fraction of sp³-hybridized carbons (Fsp3) is 0.111. The molecule has 2 aromatic carbocycles. The lowest BCUT2D eigenvalue weighted by atomic mass is 10.1. The average molecular weight is 372 g/mol. The van der Waals surface area contributed by atoms with Gasteiger partial charge in [0.25, 0.3) is 11.4 Å². The number of fused-ring (bicyclic) bond motifs is 1. The zero-order valence-corrected chi connectivity index (χ0v) is 13.6. The zero-order valence-electron chi connectivity index (χ0n) is 13.6. The van der Waals surface area contributed by atoms with Gasteiger partial charge in [-0.3, -0.25) is 9.36 Å². The monoisotopic (exact) mass is 372 g/mol. The second-order valence-corrected chi connectivity index (χ2v) is 5.79. The molecule has 6 nitrogen and oxygen atoms in total. The Balaban J connectivity index is 1.60. The molecule has 2 aromatic heterocycles. The van der Waals surface area contributed by atoms with Crippen molar-refractivity contribution in [2.24, 2.45) is 0 Å². The third-order valence-corrected chi connectivity index (χ3v) is 3.97. The van der Waals surface area contributed by atoms with Gasteiger partial charge in [0.05, 0.1) is 29.3 Å². The third kappa shape index (κ3) is 3.31. The van der Waals surface area contributed by atoms with Gasteiger partial charge < -0.3 is 4.52 Å². The molecule has 0 radical (unpaired) electrons. The first kappa shape index (κ1) is 17.0. The number of hydrogen-bond donors (Lipinski definition) is 0. The molecule has 27 heavy (non-hydrogen) atoms. The van der Waals surface area contributed by atoms with Crippen LogP contribution in [0.15, 0.2) is 64.2 Å². The molecular weight excluding hydrogens is 361 g/mol. The van der Waals surface area contributed by atoms with E-state index in [0.29, 0.717) is 16.5 Å². The van der Waals surface area contributed by atoms with Gasteiger partial charge >= 0.3 is 6.18 Å². The summed E-state index contributed by atoms with van der Waals surface area (Å²) >= 11 is 0. The summed E-state index contributed by atoms with van der Waals surface area (Å²) in [5.41, 5.74) is -0.0794. The van der Waals surface area contributed by atoms with Gasteiger partial charge in [0.15, 0.2) is 5.82 Å². The van der Waals surface area contributed by atoms with Crippen LogP contribution in [0.2, 0.25) is 0 Å². The molecular formula is C18H11F3N4O2. The molecule has 0 spiro atoms. The van der Waals surface area contributed by atoms with E-state index < -0.39 is 11.7 Å². The number of benzene rings is 2. The number of aromatic nitrogens is 4. The molecule has 0 saturated heterocycles. The van der Waals surface area contributed by atoms with Crippen molar-refractivity contribution in [1.82, 2.24) is 19.7 Å². The van der Waals surface area contributed by atoms with E-state index in [2.05, 4.69) is 15.1 Å². The van der Waals surface area contributed by atoms with Crippen molar-refractivity contribution in [2.75, 3.05) is 0 Å². The van der Waals surface area contributed by atoms with Crippen LogP contribution in [0.4, 0.5) is 13.2 Å². The molecule has 0 fully saturated rings. The van der Waals surface area contributed by atoms with Crippen LogP contribution < -0.4 is 5.56 Å². The standard InChI is InChI=1S/C18H11F3N4O2/c19-18(20,21)12-7-5-11(6-8-12)16-23-15(24-27-16)9-25-10-22-14-4-2-1-3-13(14)17(25)26/h1-8,10H,9H2. The Hall–Kier alpha value is -3.49. The molecule has 2 heterocycles. The van der Waals surface area contributed by atoms with Crippen LogP contribution in [-0.2, 0) is 12.7 Å². The average Bonchev–Trinajstić information content (AvgIpc) is 3.12. The van der Waals surface area contributed by atoms with Crippen molar-refractivity contribution in [2.45, 2.75) is 12.7 Å². The molecule has 9 heteroatoms. The molecule has 0 N–H and O–H groups in total. The summed E-state index contributed by atoms with van der Waals surface area (Å²) in [4.78, 5) is 20.8. The van der Waals surface area contributed by atoms with E-state index >= 15 is 0 Å². The van der Waals surface area contributed by atoms with Crippen LogP contribution in [0.3, 0.4) is 0 Å². The van der Waals surface area contributed by atoms with E-state index in [9.17, 15) is 18.0 Å². The topological polar surface area (TPSA) is 73.8 Å². The maximum Gasteiger partial charge on any atom is 0.416 e. The summed E-state index contributed by atoms with van der Waals surface area (Å²) in [6, 6.07) is 11.3. The van der Waals surface area contributed by atoms with E-state index in [1.807, 2.05) is 0 Å². The zero-order chi connectivity index (χ0) is 19.0. The first-order chi connectivity index (χ1) is 12.9. The van der Waals surface area contributed by atoms with Crippen LogP contribution >= 0.6 is 0 Å². The quantitative estimate of drug-likeness (QED) is 0.550. The number of nitrogens with zero attached hydrogens (tertiary/aromatic N) is 4. The van der Waals surface area contributed by atoms with E-state index in [1.54, 1.807) is 24.3 Å². The molecule has 4 aromatic rings. The highest BCUT2D eigenvalue weighted by molar-refractivity contribution is 5.76. The molecule has 0 aliphatic rings. The van der Waals surface area contributed by atoms with Crippen LogP contribution in [0.25, 0.3) is 22.4 Å². The van der Waals surface area contributed by atoms with Gasteiger partial charge in [-0.2, -0.15) is 18.2 Å². The molecule has 0 aliphatic heterocycles. The number of halogens is 3. The molecule has 0 atom stereocenters. The fourth-order valence-electron chi connectivity index (χ4n) is 2.61. The fourth-order valence-corrected chi connectivity index (χ4v) is 2.61. The first-order valence-electron chi connectivity index (χ1n) is 7.86. The van der Waals surface area contributed by atoms with Crippen molar-refractivity contribution >= 4 is 10.9 Å². The second kappa shape index (κ2) is 6.35. The predicted molar refractivity (Wildman–Crippen MR) is 89.8 cm³/mol. The van der Waals surface area contributed by atoms with Crippen molar-refractivity contribution in [3.05, 3.63) is 76.6 Å². The van der Waals surface area contributed by atoms with Gasteiger partial charge in [-0.25, -0.2) is 4.98 Å². The van der Waals surface area contributed by atoms with Crippen LogP contribution in [-0.4, -0.2) is 19.7 Å². The molecule has 0 unspecified atom stereocenters. The van der Waals surface area contributed by atoms with Crippen LogP contribution in [0.1, 0.15) is 11.4 Å². The van der Waals surface area contributed by atoms with Crippen molar-refractivity contribution in [3.8, 4) is 11.5 Å². The van der Waals surface area contributed by atoms with Crippen molar-refractivity contribution in [1.29, 1.82) is 0 Å². The molecule has 0 amide bonds. The smallest absolute Gasteiger partial charge is 0.334 e. The third-order valence-electron chi connectivity index (χ3n) is 3.97.